The van der Waals surface area contributed by atoms with Gasteiger partial charge in [0.1, 0.15) is 69.9 Å². The van der Waals surface area contributed by atoms with Crippen molar-refractivity contribution in [1.82, 2.24) is 44.6 Å². The number of benzene rings is 3. The Labute approximate surface area is 852 Å². The Hall–Kier alpha value is -8.06. The summed E-state index contributed by atoms with van der Waals surface area (Å²) in [6.45, 7) is 19.7. The van der Waals surface area contributed by atoms with Crippen LogP contribution < -0.4 is 28.4 Å². The molecule has 12 heterocycles. The van der Waals surface area contributed by atoms with Gasteiger partial charge in [0, 0.05) is 119 Å². The number of hydrogen-bond donors (Lipinski definition) is 0. The van der Waals surface area contributed by atoms with Crippen LogP contribution in [0.2, 0.25) is 0 Å². The molecular formula is C106H138N9O21V3-3. The minimum Gasteiger partial charge on any atom is -0.540 e. The van der Waals surface area contributed by atoms with Gasteiger partial charge in [0.25, 0.3) is 0 Å². The van der Waals surface area contributed by atoms with E-state index in [-0.39, 0.29) is 160 Å². The van der Waals surface area contributed by atoms with Crippen molar-refractivity contribution in [2.45, 2.75) is 302 Å². The SMILES string of the molecule is COc1ccc2nc3c(nc2c1)O[C@H]1CN(C(=O)[C@H](C2(C)CCOCC2)CC(=O)O[C@@H]2CC4CC4[C@H]2CCCCC3)[C@H]([C-]=O)[C@@H]1C.COc1ccc2nc3c(nc2c1)O[C@H]1CN(C(=O)[C@H](C2(C)CCOCC2)CC(=O)O[C@]2(C)CCC[C@H]2CCCCC3)[C@H]([C-]=O)[C@@H]1C.COc1ccc2nc3c(nc2c1)O[C@H]1CN(C(=O)[C@H](C2(C)CCOCC2)CC(=O)O[C@]2(C)C[C@H]2CCCCC3)[C@H]([C-]=O)[C@@H]1C.[V].[V].[V]. The number of amides is 3. The van der Waals surface area contributed by atoms with Crippen LogP contribution in [-0.2, 0) is 147 Å². The van der Waals surface area contributed by atoms with Gasteiger partial charge in [0.05, 0.1) is 111 Å². The van der Waals surface area contributed by atoms with Crippen LogP contribution in [0.4, 0.5) is 0 Å². The van der Waals surface area contributed by atoms with Crippen LogP contribution in [0.25, 0.3) is 33.1 Å². The molecule has 10 fully saturated rings. The van der Waals surface area contributed by atoms with Crippen LogP contribution in [0.3, 0.4) is 0 Å². The number of nitrogens with zero attached hydrogens (tertiary/aromatic N) is 9. The van der Waals surface area contributed by atoms with Crippen LogP contribution in [-0.4, -0.2) is 233 Å². The summed E-state index contributed by atoms with van der Waals surface area (Å²) in [5.41, 5.74) is 4.16. The fraction of sp³-hybridized carbons (Fsp3) is 0.689. The van der Waals surface area contributed by atoms with Crippen LogP contribution in [0.5, 0.6) is 34.9 Å². The molecule has 33 heteroatoms. The molecule has 20 atom stereocenters. The fourth-order valence-electron chi connectivity index (χ4n) is 24.3. The van der Waals surface area contributed by atoms with E-state index in [9.17, 15) is 43.2 Å². The molecule has 19 rings (SSSR count). The van der Waals surface area contributed by atoms with Crippen molar-refractivity contribution in [3.8, 4) is 34.9 Å². The van der Waals surface area contributed by atoms with Gasteiger partial charge >= 0.3 is 17.9 Å². The summed E-state index contributed by atoms with van der Waals surface area (Å²) in [5, 5.41) is 0. The van der Waals surface area contributed by atoms with Crippen LogP contribution in [0.1, 0.15) is 246 Å². The van der Waals surface area contributed by atoms with E-state index in [0.29, 0.717) is 173 Å². The Balaban J connectivity index is 0.000000164. The molecule has 3 radical (unpaired) electrons. The molecular weight excluding hydrogens is 1890 g/mol. The van der Waals surface area contributed by atoms with Gasteiger partial charge in [-0.05, 0) is 243 Å². The van der Waals surface area contributed by atoms with E-state index in [1.54, 1.807) is 36.0 Å². The second kappa shape index (κ2) is 45.9. The molecule has 0 N–H and O–H groups in total. The standard InChI is InChI=1S/C36H46N3O7.C36H48N3O7.C34H44N3O7.3V/c1-21-30(20-40)39-19-32(21)46-34-28(37-27-10-9-23(43-3)17-29(27)38-34)8-6-4-5-7-24-25-15-22(25)16-31(24)45-33(41)18-26(35(39)42)36(2)11-13-44-14-12-36;1-23-30(22-40)39-21-31(23)45-33-28(37-27-13-12-25(43-4)19-29(27)38-33)11-7-5-6-9-24-10-8-14-36(24,3)46-32(41)20-26(34(39)42)35(2)15-17-44-18-16-35;1-21-28(20-38)37-19-29(21)43-31-26(35-25-11-10-23(41-4)16-27(25)36-31)9-7-5-6-8-22-18-34(22,3)44-30(39)17-24(32(37)40)33(2)12-14-42-15-13-33;;;/h9-10,17,21-22,24-26,30-32H,4-8,11-16,18-19H2,1-3H3;12-13,19,23-24,26,30-31H,5-11,14-18,20-21H2,1-4H3;10-11,16,21-22,24,28-29H,5-9,12-15,17-19H2,1-4H3;;;/q3*-1;;;/t21-,22?,24+,25?,26+,30+,31+,32-;23-,24+,26+,30+,31-,36+;21-,22+,24+,28+,29-,34+;;;/m000.../s1. The molecule has 3 aromatic heterocycles. The zero-order valence-electron chi connectivity index (χ0n) is 82.6. The Kier molecular flexibility index (Phi) is 35.2. The molecule has 6 bridgehead atoms. The molecule has 30 nitrogen and oxygen atoms in total. The maximum Gasteiger partial charge on any atom is 0.307 e. The van der Waals surface area contributed by atoms with E-state index in [2.05, 4.69) is 46.6 Å². The molecule has 6 aromatic rings. The van der Waals surface area contributed by atoms with Gasteiger partial charge < -0.3 is 85.9 Å². The van der Waals surface area contributed by atoms with Crippen molar-refractivity contribution in [1.29, 1.82) is 0 Å². The summed E-state index contributed by atoms with van der Waals surface area (Å²) in [6.07, 6.45) is 28.6. The average molecular weight is 2030 g/mol. The molecule has 3 amide bonds. The van der Waals surface area contributed by atoms with E-state index < -0.39 is 81.6 Å². The Morgan fingerprint density at radius 2 is 0.712 bits per heavy atom. The quantitative estimate of drug-likeness (QED) is 0.0737. The van der Waals surface area contributed by atoms with Crippen molar-refractivity contribution in [2.75, 3.05) is 80.6 Å². The summed E-state index contributed by atoms with van der Waals surface area (Å²) >= 11 is 0. The number of methoxy groups -OCH3 is 3. The third kappa shape index (κ3) is 23.5. The number of ether oxygens (including phenoxy) is 12. The van der Waals surface area contributed by atoms with Crippen molar-refractivity contribution >= 4 is 87.6 Å². The number of fused-ring (bicyclic) bond motifs is 17. The predicted octanol–water partition coefficient (Wildman–Crippen LogP) is 14.8. The number of carbonyl (C=O) groups is 6. The van der Waals surface area contributed by atoms with E-state index >= 15 is 0 Å². The van der Waals surface area contributed by atoms with Crippen molar-refractivity contribution < 1.29 is 156 Å². The minimum atomic E-state index is -0.810. The monoisotopic (exact) mass is 2030 g/mol. The number of rotatable bonds is 9. The Morgan fingerprint density at radius 3 is 1.08 bits per heavy atom. The summed E-state index contributed by atoms with van der Waals surface area (Å²) in [6, 6.07) is 14.4. The van der Waals surface area contributed by atoms with Gasteiger partial charge in [0.2, 0.25) is 35.4 Å². The smallest absolute Gasteiger partial charge is 0.307 e. The van der Waals surface area contributed by atoms with Gasteiger partial charge in [-0.25, -0.2) is 48.8 Å². The molecule has 2 unspecified atom stereocenters. The topological polar surface area (TPSA) is 351 Å². The summed E-state index contributed by atoms with van der Waals surface area (Å²) in [4.78, 5) is 156. The maximum absolute atomic E-state index is 14.6. The third-order valence-electron chi connectivity index (χ3n) is 33.9. The van der Waals surface area contributed by atoms with Gasteiger partial charge in [-0.3, -0.25) is 28.8 Å². The molecule has 751 valence electrons. The minimum absolute atomic E-state index is 0. The van der Waals surface area contributed by atoms with Crippen LogP contribution in [0, 0.1) is 81.3 Å². The number of aryl methyl sites for hydroxylation is 3. The molecule has 13 aliphatic rings. The number of esters is 3. The first-order valence-corrected chi connectivity index (χ1v) is 50.5. The number of aromatic nitrogens is 6. The van der Waals surface area contributed by atoms with E-state index in [4.69, 9.17) is 86.7 Å². The van der Waals surface area contributed by atoms with Gasteiger partial charge in [0.15, 0.2) is 0 Å². The van der Waals surface area contributed by atoms with E-state index in [0.717, 1.165) is 143 Å². The molecule has 4 aliphatic carbocycles. The van der Waals surface area contributed by atoms with Gasteiger partial charge in [-0.1, -0.05) is 98.2 Å². The normalized spacial score (nSPS) is 32.6. The van der Waals surface area contributed by atoms with Gasteiger partial charge in [-0.15, -0.1) is 0 Å². The molecule has 3 aromatic carbocycles. The first-order valence-electron chi connectivity index (χ1n) is 50.5. The van der Waals surface area contributed by atoms with Crippen molar-refractivity contribution in [3.05, 3.63) is 71.7 Å². The fourth-order valence-corrected chi connectivity index (χ4v) is 24.3. The Bertz CT molecular complexity index is 5270. The van der Waals surface area contributed by atoms with Crippen molar-refractivity contribution in [2.24, 2.45) is 81.3 Å². The molecule has 139 heavy (non-hydrogen) atoms. The molecule has 6 saturated heterocycles. The number of carbonyl (C=O) groups excluding carboxylic acids is 9. The maximum atomic E-state index is 14.6. The third-order valence-corrected chi connectivity index (χ3v) is 33.9. The second-order valence-corrected chi connectivity index (χ2v) is 42.7. The first kappa shape index (κ1) is 107. The van der Waals surface area contributed by atoms with Gasteiger partial charge in [-0.2, -0.15) is 0 Å². The molecule has 0 spiro atoms. The molecule has 9 aliphatic heterocycles. The van der Waals surface area contributed by atoms with Crippen LogP contribution >= 0.6 is 0 Å². The Morgan fingerprint density at radius 1 is 0.367 bits per heavy atom. The zero-order chi connectivity index (χ0) is 95.5. The van der Waals surface area contributed by atoms with Crippen LogP contribution in [0.15, 0.2) is 54.6 Å². The van der Waals surface area contributed by atoms with E-state index in [1.807, 2.05) is 82.3 Å². The predicted molar refractivity (Wildman–Crippen MR) is 502 cm³/mol. The average Bonchev–Trinajstić information content (AvgIpc) is 1.63. The largest absolute Gasteiger partial charge is 0.540 e. The van der Waals surface area contributed by atoms with E-state index in [1.165, 1.54) is 6.42 Å². The van der Waals surface area contributed by atoms with Crippen molar-refractivity contribution in [3.63, 3.8) is 0 Å². The molecule has 4 saturated carbocycles. The summed E-state index contributed by atoms with van der Waals surface area (Å²) in [5.74, 6) is 0.988. The zero-order valence-corrected chi connectivity index (χ0v) is 86.8. The summed E-state index contributed by atoms with van der Waals surface area (Å²) in [7, 11) is 4.84. The summed E-state index contributed by atoms with van der Waals surface area (Å²) < 4.78 is 71.6. The first-order chi connectivity index (χ1) is 65.5. The second-order valence-electron chi connectivity index (χ2n) is 42.7. The number of hydrogen-bond acceptors (Lipinski definition) is 27.